The molecular weight excluding hydrogens is 412 g/mol. The first-order valence-corrected chi connectivity index (χ1v) is 10.6. The quantitative estimate of drug-likeness (QED) is 0.808. The molecule has 1 atom stereocenters. The smallest absolute Gasteiger partial charge is 0.253 e. The van der Waals surface area contributed by atoms with Crippen molar-refractivity contribution in [3.63, 3.8) is 0 Å². The molecular formula is C16H17BrN2O3S2. The van der Waals surface area contributed by atoms with Gasteiger partial charge in [0.2, 0.25) is 5.91 Å². The number of anilines is 1. The summed E-state index contributed by atoms with van der Waals surface area (Å²) in [6.45, 7) is 2.31. The molecule has 3 rings (SSSR count). The normalized spacial score (nSPS) is 18.7. The molecule has 1 saturated heterocycles. The van der Waals surface area contributed by atoms with E-state index in [2.05, 4.69) is 21.2 Å². The highest BCUT2D eigenvalue weighted by Gasteiger charge is 2.40. The van der Waals surface area contributed by atoms with Gasteiger partial charge in [-0.05, 0) is 65.5 Å². The van der Waals surface area contributed by atoms with E-state index in [0.29, 0.717) is 25.1 Å². The lowest BCUT2D eigenvalue weighted by molar-refractivity contribution is -0.119. The zero-order chi connectivity index (χ0) is 17.3. The summed E-state index contributed by atoms with van der Waals surface area (Å²) in [5.74, 6) is -0.280. The summed E-state index contributed by atoms with van der Waals surface area (Å²) in [4.78, 5) is 12.6. The standard InChI is InChI=1S/C16H17BrN2O3S2/c1-11-4-2-5-12(10-11)18-16(20)13-6-3-9-19(13)24(21,22)15-8-7-14(17)23-15/h2,4-5,7-8,10,13H,3,6,9H2,1H3,(H,18,20). The lowest BCUT2D eigenvalue weighted by Crippen LogP contribution is -2.42. The van der Waals surface area contributed by atoms with Crippen molar-refractivity contribution in [2.24, 2.45) is 0 Å². The van der Waals surface area contributed by atoms with Crippen LogP contribution in [0.3, 0.4) is 0 Å². The van der Waals surface area contributed by atoms with E-state index >= 15 is 0 Å². The number of nitrogens with one attached hydrogen (secondary N) is 1. The molecule has 0 saturated carbocycles. The van der Waals surface area contributed by atoms with Crippen LogP contribution in [0.25, 0.3) is 0 Å². The van der Waals surface area contributed by atoms with E-state index in [9.17, 15) is 13.2 Å². The average molecular weight is 429 g/mol. The molecule has 8 heteroatoms. The largest absolute Gasteiger partial charge is 0.325 e. The topological polar surface area (TPSA) is 66.5 Å². The number of hydrogen-bond acceptors (Lipinski definition) is 4. The van der Waals surface area contributed by atoms with Gasteiger partial charge in [0.15, 0.2) is 0 Å². The van der Waals surface area contributed by atoms with Crippen LogP contribution in [-0.4, -0.2) is 31.2 Å². The molecule has 1 aromatic heterocycles. The Morgan fingerprint density at radius 2 is 2.12 bits per heavy atom. The minimum absolute atomic E-state index is 0.254. The minimum atomic E-state index is -3.65. The lowest BCUT2D eigenvalue weighted by Gasteiger charge is -2.22. The van der Waals surface area contributed by atoms with Gasteiger partial charge in [-0.25, -0.2) is 8.42 Å². The predicted molar refractivity (Wildman–Crippen MR) is 98.7 cm³/mol. The van der Waals surface area contributed by atoms with E-state index in [4.69, 9.17) is 0 Å². The molecule has 1 aliphatic rings. The number of halogens is 1. The minimum Gasteiger partial charge on any atom is -0.325 e. The van der Waals surface area contributed by atoms with Crippen molar-refractivity contribution in [1.82, 2.24) is 4.31 Å². The van der Waals surface area contributed by atoms with Crippen LogP contribution in [0.15, 0.2) is 44.4 Å². The SMILES string of the molecule is Cc1cccc(NC(=O)C2CCCN2S(=O)(=O)c2ccc(Br)s2)c1. The van der Waals surface area contributed by atoms with Crippen LogP contribution >= 0.6 is 27.3 Å². The first-order chi connectivity index (χ1) is 11.4. The summed E-state index contributed by atoms with van der Waals surface area (Å²) in [6, 6.07) is 10.1. The van der Waals surface area contributed by atoms with Crippen LogP contribution in [0.4, 0.5) is 5.69 Å². The molecule has 5 nitrogen and oxygen atoms in total. The molecule has 24 heavy (non-hydrogen) atoms. The van der Waals surface area contributed by atoms with Gasteiger partial charge in [-0.1, -0.05) is 12.1 Å². The maximum absolute atomic E-state index is 12.8. The maximum Gasteiger partial charge on any atom is 0.253 e. The lowest BCUT2D eigenvalue weighted by atomic mass is 10.2. The third-order valence-electron chi connectivity index (χ3n) is 3.90. The number of carbonyl (C=O) groups is 1. The van der Waals surface area contributed by atoms with Crippen molar-refractivity contribution in [2.75, 3.05) is 11.9 Å². The fourth-order valence-electron chi connectivity index (χ4n) is 2.79. The van der Waals surface area contributed by atoms with Crippen LogP contribution in [0.5, 0.6) is 0 Å². The highest BCUT2D eigenvalue weighted by molar-refractivity contribution is 9.11. The first kappa shape index (κ1) is 17.6. The molecule has 1 N–H and O–H groups in total. The molecule has 2 heterocycles. The highest BCUT2D eigenvalue weighted by Crippen LogP contribution is 2.32. The van der Waals surface area contributed by atoms with Gasteiger partial charge in [0.25, 0.3) is 10.0 Å². The van der Waals surface area contributed by atoms with Crippen LogP contribution in [0, 0.1) is 6.92 Å². The molecule has 1 aliphatic heterocycles. The second kappa shape index (κ2) is 6.95. The third-order valence-corrected chi connectivity index (χ3v) is 7.90. The van der Waals surface area contributed by atoms with E-state index in [1.165, 1.54) is 4.31 Å². The van der Waals surface area contributed by atoms with Gasteiger partial charge in [0, 0.05) is 12.2 Å². The van der Waals surface area contributed by atoms with Crippen LogP contribution in [0.2, 0.25) is 0 Å². The molecule has 1 aromatic carbocycles. The van der Waals surface area contributed by atoms with Crippen molar-refractivity contribution in [2.45, 2.75) is 30.0 Å². The monoisotopic (exact) mass is 428 g/mol. The van der Waals surface area contributed by atoms with Crippen LogP contribution in [0.1, 0.15) is 18.4 Å². The number of benzene rings is 1. The number of rotatable bonds is 4. The van der Waals surface area contributed by atoms with Crippen LogP contribution < -0.4 is 5.32 Å². The second-order valence-corrected chi connectivity index (χ2v) is 10.3. The zero-order valence-corrected chi connectivity index (χ0v) is 16.2. The van der Waals surface area contributed by atoms with Gasteiger partial charge in [-0.15, -0.1) is 11.3 Å². The molecule has 1 unspecified atom stereocenters. The second-order valence-electron chi connectivity index (χ2n) is 5.69. The van der Waals surface area contributed by atoms with Gasteiger partial charge in [0.05, 0.1) is 3.79 Å². The maximum atomic E-state index is 12.8. The van der Waals surface area contributed by atoms with Gasteiger partial charge in [-0.3, -0.25) is 4.79 Å². The Morgan fingerprint density at radius 1 is 1.33 bits per heavy atom. The number of hydrogen-bond donors (Lipinski definition) is 1. The van der Waals surface area contributed by atoms with Gasteiger partial charge >= 0.3 is 0 Å². The van der Waals surface area contributed by atoms with Crippen molar-refractivity contribution in [3.05, 3.63) is 45.7 Å². The predicted octanol–water partition coefficient (Wildman–Crippen LogP) is 3.61. The van der Waals surface area contributed by atoms with E-state index < -0.39 is 16.1 Å². The molecule has 0 aliphatic carbocycles. The van der Waals surface area contributed by atoms with E-state index in [1.807, 2.05) is 25.1 Å². The summed E-state index contributed by atoms with van der Waals surface area (Å²) in [6.07, 6.45) is 1.21. The molecule has 0 spiro atoms. The van der Waals surface area contributed by atoms with Gasteiger partial charge < -0.3 is 5.32 Å². The number of sulfonamides is 1. The highest BCUT2D eigenvalue weighted by atomic mass is 79.9. The first-order valence-electron chi connectivity index (χ1n) is 7.52. The Kier molecular flexibility index (Phi) is 5.10. The summed E-state index contributed by atoms with van der Waals surface area (Å²) < 4.78 is 27.9. The van der Waals surface area contributed by atoms with Crippen molar-refractivity contribution < 1.29 is 13.2 Å². The summed E-state index contributed by atoms with van der Waals surface area (Å²) in [5, 5.41) is 2.83. The molecule has 0 radical (unpaired) electrons. The Labute approximate surface area is 153 Å². The number of aryl methyl sites for hydroxylation is 1. The van der Waals surface area contributed by atoms with Crippen molar-refractivity contribution in [1.29, 1.82) is 0 Å². The van der Waals surface area contributed by atoms with Crippen molar-refractivity contribution >= 4 is 48.9 Å². The molecule has 1 fully saturated rings. The average Bonchev–Trinajstić information content (AvgIpc) is 3.16. The fourth-order valence-corrected chi connectivity index (χ4v) is 6.59. The van der Waals surface area contributed by atoms with E-state index in [1.54, 1.807) is 18.2 Å². The van der Waals surface area contributed by atoms with Gasteiger partial charge in [-0.2, -0.15) is 4.31 Å². The summed E-state index contributed by atoms with van der Waals surface area (Å²) in [5.41, 5.74) is 1.72. The fraction of sp³-hybridized carbons (Fsp3) is 0.312. The van der Waals surface area contributed by atoms with Crippen molar-refractivity contribution in [3.8, 4) is 0 Å². The van der Waals surface area contributed by atoms with Gasteiger partial charge in [0.1, 0.15) is 10.3 Å². The number of nitrogens with zero attached hydrogens (tertiary/aromatic N) is 1. The molecule has 128 valence electrons. The number of thiophene rings is 1. The van der Waals surface area contributed by atoms with E-state index in [-0.39, 0.29) is 10.1 Å². The summed E-state index contributed by atoms with van der Waals surface area (Å²) >= 11 is 4.44. The zero-order valence-electron chi connectivity index (χ0n) is 13.0. The Balaban J connectivity index is 1.81. The summed E-state index contributed by atoms with van der Waals surface area (Å²) in [7, 11) is -3.65. The van der Waals surface area contributed by atoms with E-state index in [0.717, 1.165) is 20.7 Å². The number of carbonyl (C=O) groups excluding carboxylic acids is 1. The number of amides is 1. The molecule has 2 aromatic rings. The Hall–Kier alpha value is -1.22. The third kappa shape index (κ3) is 3.56. The molecule has 0 bridgehead atoms. The molecule has 1 amide bonds. The Bertz CT molecular complexity index is 864. The van der Waals surface area contributed by atoms with Crippen LogP contribution in [-0.2, 0) is 14.8 Å². The Morgan fingerprint density at radius 3 is 2.79 bits per heavy atom.